The highest BCUT2D eigenvalue weighted by atomic mass is 15.2. The number of hydrogen-bond donors (Lipinski definition) is 0. The van der Waals surface area contributed by atoms with E-state index in [1.807, 2.05) is 12.4 Å². The van der Waals surface area contributed by atoms with Crippen LogP contribution in [0.4, 0.5) is 0 Å². The van der Waals surface area contributed by atoms with Crippen LogP contribution in [0, 0.1) is 0 Å². The zero-order valence-corrected chi connectivity index (χ0v) is 16.4. The summed E-state index contributed by atoms with van der Waals surface area (Å²) >= 11 is 0. The highest BCUT2D eigenvalue weighted by Crippen LogP contribution is 2.20. The average molecular weight is 353 g/mol. The van der Waals surface area contributed by atoms with Gasteiger partial charge in [0.2, 0.25) is 0 Å². The second-order valence-corrected chi connectivity index (χ2v) is 7.66. The SMILES string of the molecule is CCN(Cc1ccccc1)C1CCN(Cc2cnc(C(C)C)nc2)CC1. The molecular formula is C22H32N4. The minimum atomic E-state index is 0.393. The standard InChI is InChI=1S/C22H32N4/c1-4-26(17-19-8-6-5-7-9-19)21-10-12-25(13-11-21)16-20-14-23-22(18(2)3)24-15-20/h5-9,14-15,18,21H,4,10-13,16-17H2,1-3H3. The molecule has 1 aromatic carbocycles. The Morgan fingerprint density at radius 2 is 1.69 bits per heavy atom. The Morgan fingerprint density at radius 1 is 1.04 bits per heavy atom. The van der Waals surface area contributed by atoms with E-state index >= 15 is 0 Å². The fraction of sp³-hybridized carbons (Fsp3) is 0.545. The summed E-state index contributed by atoms with van der Waals surface area (Å²) in [4.78, 5) is 14.2. The summed E-state index contributed by atoms with van der Waals surface area (Å²) in [7, 11) is 0. The van der Waals surface area contributed by atoms with Gasteiger partial charge >= 0.3 is 0 Å². The van der Waals surface area contributed by atoms with Crippen molar-refractivity contribution in [3.63, 3.8) is 0 Å². The van der Waals surface area contributed by atoms with Gasteiger partial charge < -0.3 is 0 Å². The molecule has 1 fully saturated rings. The van der Waals surface area contributed by atoms with Gasteiger partial charge in [0.15, 0.2) is 0 Å². The highest BCUT2D eigenvalue weighted by molar-refractivity contribution is 5.14. The second-order valence-electron chi connectivity index (χ2n) is 7.66. The van der Waals surface area contributed by atoms with Crippen molar-refractivity contribution in [3.8, 4) is 0 Å². The smallest absolute Gasteiger partial charge is 0.130 e. The van der Waals surface area contributed by atoms with Gasteiger partial charge in [-0.1, -0.05) is 51.1 Å². The van der Waals surface area contributed by atoms with Crippen LogP contribution in [0.5, 0.6) is 0 Å². The summed E-state index contributed by atoms with van der Waals surface area (Å²) in [5.74, 6) is 1.33. The first kappa shape index (κ1) is 19.0. The molecule has 0 unspecified atom stereocenters. The zero-order chi connectivity index (χ0) is 18.4. The van der Waals surface area contributed by atoms with E-state index in [0.717, 1.165) is 38.5 Å². The molecule has 0 saturated carbocycles. The van der Waals surface area contributed by atoms with Gasteiger partial charge in [-0.2, -0.15) is 0 Å². The van der Waals surface area contributed by atoms with E-state index in [0.29, 0.717) is 12.0 Å². The lowest BCUT2D eigenvalue weighted by Gasteiger charge is -2.38. The van der Waals surface area contributed by atoms with Crippen molar-refractivity contribution >= 4 is 0 Å². The van der Waals surface area contributed by atoms with Crippen molar-refractivity contribution in [1.82, 2.24) is 19.8 Å². The number of nitrogens with zero attached hydrogens (tertiary/aromatic N) is 4. The lowest BCUT2D eigenvalue weighted by atomic mass is 10.0. The molecule has 1 saturated heterocycles. The van der Waals surface area contributed by atoms with Crippen molar-refractivity contribution in [1.29, 1.82) is 0 Å². The molecule has 2 heterocycles. The number of rotatable bonds is 7. The Labute approximate surface area is 158 Å². The Morgan fingerprint density at radius 3 is 2.27 bits per heavy atom. The molecule has 4 nitrogen and oxygen atoms in total. The summed E-state index contributed by atoms with van der Waals surface area (Å²) in [5.41, 5.74) is 2.64. The molecule has 0 amide bonds. The van der Waals surface area contributed by atoms with Crippen LogP contribution < -0.4 is 0 Å². The van der Waals surface area contributed by atoms with Crippen LogP contribution in [0.1, 0.15) is 56.5 Å². The molecule has 0 spiro atoms. The Balaban J connectivity index is 1.50. The topological polar surface area (TPSA) is 32.3 Å². The molecule has 26 heavy (non-hydrogen) atoms. The first-order valence-electron chi connectivity index (χ1n) is 9.97. The van der Waals surface area contributed by atoms with Gasteiger partial charge in [-0.25, -0.2) is 9.97 Å². The van der Waals surface area contributed by atoms with Gasteiger partial charge in [-0.3, -0.25) is 9.80 Å². The minimum Gasteiger partial charge on any atom is -0.299 e. The third-order valence-electron chi connectivity index (χ3n) is 5.36. The molecule has 0 aliphatic carbocycles. The fourth-order valence-corrected chi connectivity index (χ4v) is 3.76. The molecule has 1 aliphatic rings. The summed E-state index contributed by atoms with van der Waals surface area (Å²) in [5, 5.41) is 0. The third-order valence-corrected chi connectivity index (χ3v) is 5.36. The molecule has 1 aromatic heterocycles. The van der Waals surface area contributed by atoms with Crippen molar-refractivity contribution in [2.75, 3.05) is 19.6 Å². The van der Waals surface area contributed by atoms with Crippen molar-refractivity contribution in [2.45, 2.75) is 58.7 Å². The summed E-state index contributed by atoms with van der Waals surface area (Å²) in [6, 6.07) is 11.5. The molecule has 0 atom stereocenters. The van der Waals surface area contributed by atoms with Crippen LogP contribution in [0.2, 0.25) is 0 Å². The maximum absolute atomic E-state index is 4.50. The molecule has 0 radical (unpaired) electrons. The zero-order valence-electron chi connectivity index (χ0n) is 16.4. The first-order chi connectivity index (χ1) is 12.7. The predicted octanol–water partition coefficient (Wildman–Crippen LogP) is 4.09. The van der Waals surface area contributed by atoms with Gasteiger partial charge in [0.05, 0.1) is 0 Å². The normalized spacial score (nSPS) is 16.5. The van der Waals surface area contributed by atoms with Crippen LogP contribution in [0.15, 0.2) is 42.7 Å². The highest BCUT2D eigenvalue weighted by Gasteiger charge is 2.24. The molecule has 2 aromatic rings. The largest absolute Gasteiger partial charge is 0.299 e. The van der Waals surface area contributed by atoms with Crippen LogP contribution in [0.25, 0.3) is 0 Å². The average Bonchev–Trinajstić information content (AvgIpc) is 2.68. The van der Waals surface area contributed by atoms with Gasteiger partial charge in [0.25, 0.3) is 0 Å². The van der Waals surface area contributed by atoms with Crippen molar-refractivity contribution < 1.29 is 0 Å². The lowest BCUT2D eigenvalue weighted by molar-refractivity contribution is 0.103. The summed E-state index contributed by atoms with van der Waals surface area (Å²) in [6.07, 6.45) is 6.49. The van der Waals surface area contributed by atoms with Gasteiger partial charge in [-0.05, 0) is 38.0 Å². The molecule has 0 N–H and O–H groups in total. The number of aromatic nitrogens is 2. The quantitative estimate of drug-likeness (QED) is 0.751. The predicted molar refractivity (Wildman–Crippen MR) is 107 cm³/mol. The molecule has 3 rings (SSSR count). The first-order valence-corrected chi connectivity index (χ1v) is 9.97. The van der Waals surface area contributed by atoms with Gasteiger partial charge in [0, 0.05) is 43.0 Å². The molecular weight excluding hydrogens is 320 g/mol. The van der Waals surface area contributed by atoms with E-state index in [2.05, 4.69) is 70.9 Å². The molecule has 0 bridgehead atoms. The second kappa shape index (κ2) is 9.24. The van der Waals surface area contributed by atoms with E-state index in [1.54, 1.807) is 0 Å². The number of hydrogen-bond acceptors (Lipinski definition) is 4. The lowest BCUT2D eigenvalue weighted by Crippen LogP contribution is -2.44. The van der Waals surface area contributed by atoms with Crippen molar-refractivity contribution in [2.24, 2.45) is 0 Å². The van der Waals surface area contributed by atoms with Crippen LogP contribution in [0.3, 0.4) is 0 Å². The summed E-state index contributed by atoms with van der Waals surface area (Å²) in [6.45, 7) is 12.0. The molecule has 4 heteroatoms. The maximum Gasteiger partial charge on any atom is 0.130 e. The third kappa shape index (κ3) is 5.12. The minimum absolute atomic E-state index is 0.393. The number of likely N-dealkylation sites (tertiary alicyclic amines) is 1. The molecule has 1 aliphatic heterocycles. The Kier molecular flexibility index (Phi) is 6.75. The van der Waals surface area contributed by atoms with Gasteiger partial charge in [-0.15, -0.1) is 0 Å². The van der Waals surface area contributed by atoms with Gasteiger partial charge in [0.1, 0.15) is 5.82 Å². The number of benzene rings is 1. The van der Waals surface area contributed by atoms with E-state index < -0.39 is 0 Å². The maximum atomic E-state index is 4.50. The van der Waals surface area contributed by atoms with E-state index in [1.165, 1.54) is 24.0 Å². The van der Waals surface area contributed by atoms with Crippen molar-refractivity contribution in [3.05, 3.63) is 59.7 Å². The van der Waals surface area contributed by atoms with E-state index in [-0.39, 0.29) is 0 Å². The molecule has 140 valence electrons. The Hall–Kier alpha value is -1.78. The summed E-state index contributed by atoms with van der Waals surface area (Å²) < 4.78 is 0. The Bertz CT molecular complexity index is 646. The van der Waals surface area contributed by atoms with Crippen LogP contribution in [-0.2, 0) is 13.1 Å². The van der Waals surface area contributed by atoms with Crippen LogP contribution in [-0.4, -0.2) is 45.4 Å². The van der Waals surface area contributed by atoms with E-state index in [9.17, 15) is 0 Å². The van der Waals surface area contributed by atoms with E-state index in [4.69, 9.17) is 0 Å². The van der Waals surface area contributed by atoms with Crippen LogP contribution >= 0.6 is 0 Å². The number of piperidine rings is 1. The monoisotopic (exact) mass is 352 g/mol. The fourth-order valence-electron chi connectivity index (χ4n) is 3.76.